The summed E-state index contributed by atoms with van der Waals surface area (Å²) in [6.07, 6.45) is 2.91. The average Bonchev–Trinajstić information content (AvgIpc) is 3.37. The Kier molecular flexibility index (Phi) is 5.23. The molecule has 0 spiro atoms. The summed E-state index contributed by atoms with van der Waals surface area (Å²) < 4.78 is 2.27. The lowest BCUT2D eigenvalue weighted by Gasteiger charge is -2.32. The van der Waals surface area contributed by atoms with Crippen molar-refractivity contribution in [3.05, 3.63) is 150 Å². The summed E-state index contributed by atoms with van der Waals surface area (Å²) in [5, 5.41) is 11.6. The molecule has 41 heavy (non-hydrogen) atoms. The van der Waals surface area contributed by atoms with Gasteiger partial charge in [0.15, 0.2) is 0 Å². The average molecular weight is 525 g/mol. The van der Waals surface area contributed by atoms with Gasteiger partial charge in [0, 0.05) is 34.6 Å². The lowest BCUT2D eigenvalue weighted by atomic mass is 9.95. The number of para-hydroxylation sites is 3. The van der Waals surface area contributed by atoms with Crippen molar-refractivity contribution >= 4 is 39.0 Å². The monoisotopic (exact) mass is 524 g/mol. The van der Waals surface area contributed by atoms with E-state index in [2.05, 4.69) is 119 Å². The van der Waals surface area contributed by atoms with Crippen LogP contribution in [0.25, 0.3) is 38.6 Å². The molecular weight excluding hydrogens is 500 g/mol. The first kappa shape index (κ1) is 23.2. The third-order valence-electron chi connectivity index (χ3n) is 8.08. The Hall–Kier alpha value is -5.66. The lowest BCUT2D eigenvalue weighted by Crippen LogP contribution is -2.19. The topological polar surface area (TPSA) is 44.9 Å². The van der Waals surface area contributed by atoms with Crippen LogP contribution in [0.5, 0.6) is 0 Å². The van der Waals surface area contributed by atoms with Gasteiger partial charge in [-0.1, -0.05) is 60.7 Å². The van der Waals surface area contributed by atoms with Crippen LogP contribution in [0.1, 0.15) is 16.7 Å². The summed E-state index contributed by atoms with van der Waals surface area (Å²) in [5.41, 5.74) is 11.1. The second kappa shape index (κ2) is 9.22. The molecule has 3 heterocycles. The van der Waals surface area contributed by atoms with Crippen molar-refractivity contribution < 1.29 is 0 Å². The van der Waals surface area contributed by atoms with E-state index in [9.17, 15) is 5.26 Å². The molecule has 2 aromatic heterocycles. The molecule has 0 bridgehead atoms. The molecule has 0 unspecified atom stereocenters. The molecule has 192 valence electrons. The number of anilines is 3. The van der Waals surface area contributed by atoms with E-state index in [-0.39, 0.29) is 0 Å². The molecule has 0 saturated carbocycles. The minimum absolute atomic E-state index is 0.657. The molecule has 8 rings (SSSR count). The third-order valence-corrected chi connectivity index (χ3v) is 8.08. The van der Waals surface area contributed by atoms with Crippen molar-refractivity contribution in [2.75, 3.05) is 4.90 Å². The van der Waals surface area contributed by atoms with Gasteiger partial charge in [0.25, 0.3) is 0 Å². The van der Waals surface area contributed by atoms with Gasteiger partial charge in [0.05, 0.1) is 34.0 Å². The number of fused-ring (bicyclic) bond motifs is 5. The van der Waals surface area contributed by atoms with Crippen LogP contribution in [0.2, 0.25) is 0 Å². The Balaban J connectivity index is 1.22. The zero-order valence-electron chi connectivity index (χ0n) is 22.2. The quantitative estimate of drug-likeness (QED) is 0.232. The summed E-state index contributed by atoms with van der Waals surface area (Å²) in [6, 6.07) is 46.6. The highest BCUT2D eigenvalue weighted by Crippen LogP contribution is 2.43. The highest BCUT2D eigenvalue weighted by Gasteiger charge is 2.24. The number of nitriles is 1. The van der Waals surface area contributed by atoms with Gasteiger partial charge in [0.1, 0.15) is 5.82 Å². The number of hydrogen-bond donors (Lipinski definition) is 0. The molecule has 4 heteroatoms. The fourth-order valence-corrected chi connectivity index (χ4v) is 6.14. The highest BCUT2D eigenvalue weighted by atomic mass is 15.2. The Bertz CT molecular complexity index is 2080. The van der Waals surface area contributed by atoms with Crippen LogP contribution < -0.4 is 4.90 Å². The normalized spacial score (nSPS) is 12.2. The molecule has 1 aliphatic heterocycles. The fourth-order valence-electron chi connectivity index (χ4n) is 6.14. The van der Waals surface area contributed by atoms with Gasteiger partial charge in [0.2, 0.25) is 0 Å². The predicted octanol–water partition coefficient (Wildman–Crippen LogP) is 9.09. The molecule has 5 aromatic carbocycles. The molecule has 0 aliphatic carbocycles. The third kappa shape index (κ3) is 3.71. The molecular formula is C37H24N4. The van der Waals surface area contributed by atoms with Crippen molar-refractivity contribution in [2.24, 2.45) is 0 Å². The van der Waals surface area contributed by atoms with Crippen LogP contribution in [0.4, 0.5) is 17.2 Å². The Labute approximate surface area is 238 Å². The van der Waals surface area contributed by atoms with E-state index < -0.39 is 0 Å². The zero-order chi connectivity index (χ0) is 27.3. The molecule has 4 nitrogen and oxygen atoms in total. The van der Waals surface area contributed by atoms with Crippen molar-refractivity contribution in [1.82, 2.24) is 9.55 Å². The maximum Gasteiger partial charge on any atom is 0.137 e. The van der Waals surface area contributed by atoms with E-state index in [4.69, 9.17) is 4.98 Å². The van der Waals surface area contributed by atoms with Gasteiger partial charge in [-0.3, -0.25) is 4.90 Å². The molecule has 0 atom stereocenters. The van der Waals surface area contributed by atoms with Crippen LogP contribution in [0.3, 0.4) is 0 Å². The molecule has 7 aromatic rings. The van der Waals surface area contributed by atoms with E-state index in [1.54, 1.807) is 0 Å². The number of aromatic nitrogens is 2. The lowest BCUT2D eigenvalue weighted by molar-refractivity contribution is 1.06. The van der Waals surface area contributed by atoms with E-state index in [0.29, 0.717) is 5.56 Å². The molecule has 1 aliphatic rings. The van der Waals surface area contributed by atoms with Crippen LogP contribution in [-0.2, 0) is 6.42 Å². The second-order valence-electron chi connectivity index (χ2n) is 10.4. The number of nitrogens with zero attached hydrogens (tertiary/aromatic N) is 4. The zero-order valence-corrected chi connectivity index (χ0v) is 22.2. The number of hydrogen-bond acceptors (Lipinski definition) is 3. The van der Waals surface area contributed by atoms with E-state index >= 15 is 0 Å². The predicted molar refractivity (Wildman–Crippen MR) is 166 cm³/mol. The SMILES string of the molecule is N#Cc1ccc(-n2c3ccccc3c3cc(-c4ccc(N5c6ccccc6Cc6ccccc65)nc4)ccc32)cc1. The minimum atomic E-state index is 0.657. The van der Waals surface area contributed by atoms with Crippen LogP contribution in [0.15, 0.2) is 134 Å². The van der Waals surface area contributed by atoms with Gasteiger partial charge in [-0.2, -0.15) is 5.26 Å². The standard InChI is InChI=1S/C37H24N4/c38-23-25-13-17-30(18-14-25)40-35-12-6-3-9-31(35)32-22-26(15-19-36(32)40)29-16-20-37(39-24-29)41-33-10-4-1-7-27(33)21-28-8-2-5-11-34(28)41/h1-20,22,24H,21H2. The van der Waals surface area contributed by atoms with Gasteiger partial charge in [-0.25, -0.2) is 4.98 Å². The van der Waals surface area contributed by atoms with Crippen LogP contribution in [-0.4, -0.2) is 9.55 Å². The second-order valence-corrected chi connectivity index (χ2v) is 10.4. The first-order valence-corrected chi connectivity index (χ1v) is 13.7. The Morgan fingerprint density at radius 3 is 1.98 bits per heavy atom. The minimum Gasteiger partial charge on any atom is -0.309 e. The number of benzene rings is 5. The molecule has 0 fully saturated rings. The van der Waals surface area contributed by atoms with E-state index in [1.165, 1.54) is 33.3 Å². The summed E-state index contributed by atoms with van der Waals surface area (Å²) in [5.74, 6) is 0.909. The van der Waals surface area contributed by atoms with Crippen molar-refractivity contribution in [1.29, 1.82) is 5.26 Å². The van der Waals surface area contributed by atoms with Gasteiger partial charge < -0.3 is 4.57 Å². The van der Waals surface area contributed by atoms with Gasteiger partial charge in [-0.15, -0.1) is 0 Å². The largest absolute Gasteiger partial charge is 0.309 e. The summed E-state index contributed by atoms with van der Waals surface area (Å²) in [7, 11) is 0. The Morgan fingerprint density at radius 2 is 1.27 bits per heavy atom. The smallest absolute Gasteiger partial charge is 0.137 e. The summed E-state index contributed by atoms with van der Waals surface area (Å²) >= 11 is 0. The maximum absolute atomic E-state index is 9.25. The van der Waals surface area contributed by atoms with Gasteiger partial charge in [-0.05, 0) is 83.4 Å². The highest BCUT2D eigenvalue weighted by molar-refractivity contribution is 6.10. The van der Waals surface area contributed by atoms with Crippen molar-refractivity contribution in [3.8, 4) is 22.9 Å². The first-order chi connectivity index (χ1) is 20.3. The van der Waals surface area contributed by atoms with Crippen LogP contribution >= 0.6 is 0 Å². The van der Waals surface area contributed by atoms with Crippen LogP contribution in [0, 0.1) is 11.3 Å². The van der Waals surface area contributed by atoms with Gasteiger partial charge >= 0.3 is 0 Å². The Morgan fingerprint density at radius 1 is 0.610 bits per heavy atom. The van der Waals surface area contributed by atoms with Crippen molar-refractivity contribution in [3.63, 3.8) is 0 Å². The van der Waals surface area contributed by atoms with E-state index in [0.717, 1.165) is 40.1 Å². The molecule has 0 saturated heterocycles. The molecule has 0 N–H and O–H groups in total. The first-order valence-electron chi connectivity index (χ1n) is 13.7. The van der Waals surface area contributed by atoms with E-state index in [1.807, 2.05) is 30.5 Å². The fraction of sp³-hybridized carbons (Fsp3) is 0.0270. The molecule has 0 radical (unpaired) electrons. The maximum atomic E-state index is 9.25. The van der Waals surface area contributed by atoms with Crippen molar-refractivity contribution in [2.45, 2.75) is 6.42 Å². The summed E-state index contributed by atoms with van der Waals surface area (Å²) in [6.45, 7) is 0. The molecule has 0 amide bonds. The summed E-state index contributed by atoms with van der Waals surface area (Å²) in [4.78, 5) is 7.25. The number of rotatable bonds is 3. The number of pyridine rings is 1.